The van der Waals surface area contributed by atoms with Gasteiger partial charge in [-0.1, -0.05) is 0 Å². The number of phenols is 1. The van der Waals surface area contributed by atoms with E-state index in [9.17, 15) is 5.11 Å². The van der Waals surface area contributed by atoms with Gasteiger partial charge in [0, 0.05) is 6.54 Å². The van der Waals surface area contributed by atoms with Crippen LogP contribution in [0.2, 0.25) is 0 Å². The quantitative estimate of drug-likeness (QED) is 0.665. The fraction of sp³-hybridized carbons (Fsp3) is 0.455. The summed E-state index contributed by atoms with van der Waals surface area (Å²) in [6, 6.07) is 4.72. The number of hydrogen-bond donors (Lipinski definition) is 1. The van der Waals surface area contributed by atoms with Crippen LogP contribution >= 0.6 is 9.53 Å². The van der Waals surface area contributed by atoms with E-state index in [-0.39, 0.29) is 5.75 Å². The number of aromatic hydroxyl groups is 1. The normalized spacial score (nSPS) is 9.65. The van der Waals surface area contributed by atoms with Gasteiger partial charge in [-0.05, 0) is 14.1 Å². The van der Waals surface area contributed by atoms with Crippen molar-refractivity contribution in [2.24, 2.45) is 0 Å². The summed E-state index contributed by atoms with van der Waals surface area (Å²) in [5.74, 6) is 0.705. The number of nitrogens with zero attached hydrogens (tertiary/aromatic N) is 1. The molecule has 0 heterocycles. The van der Waals surface area contributed by atoms with Crippen molar-refractivity contribution in [3.63, 3.8) is 0 Å². The second kappa shape index (κ2) is 8.60. The first kappa shape index (κ1) is 16.5. The molecule has 1 aromatic rings. The summed E-state index contributed by atoms with van der Waals surface area (Å²) in [5, 5.41) is 9.65. The average Bonchev–Trinajstić information content (AvgIpc) is 2.33. The Morgan fingerprint density at radius 3 is 2.35 bits per heavy atom. The van der Waals surface area contributed by atoms with Gasteiger partial charge in [-0.25, -0.2) is 0 Å². The second-order valence-corrected chi connectivity index (χ2v) is 3.48. The zero-order valence-corrected chi connectivity index (χ0v) is 12.5. The molecule has 0 amide bonds. The van der Waals surface area contributed by atoms with Crippen LogP contribution in [0.5, 0.6) is 17.2 Å². The Morgan fingerprint density at radius 2 is 1.94 bits per heavy atom. The second-order valence-electron chi connectivity index (χ2n) is 3.48. The van der Waals surface area contributed by atoms with Gasteiger partial charge >= 0.3 is 27.7 Å². The number of phenolic OH excluding ortho intramolecular Hbond substituents is 1. The van der Waals surface area contributed by atoms with Crippen molar-refractivity contribution in [2.75, 3.05) is 28.3 Å². The molecule has 0 aliphatic heterocycles. The Balaban J connectivity index is 0.00000121. The summed E-state index contributed by atoms with van der Waals surface area (Å²) >= 11 is 2.22. The molecule has 0 aliphatic rings. The predicted molar refractivity (Wildman–Crippen MR) is 63.3 cm³/mol. The van der Waals surface area contributed by atoms with Crippen molar-refractivity contribution >= 4 is 9.53 Å². The van der Waals surface area contributed by atoms with Crippen LogP contribution < -0.4 is 9.47 Å². The van der Waals surface area contributed by atoms with E-state index in [2.05, 4.69) is 33.8 Å². The summed E-state index contributed by atoms with van der Waals surface area (Å²) in [7, 11) is 11.4. The molecule has 0 bridgehead atoms. The van der Waals surface area contributed by atoms with Crippen LogP contribution in [0.15, 0.2) is 6.07 Å². The molecular formula is C11H16ClNO3Pd. The molecule has 1 aromatic carbocycles. The number of benzene rings is 1. The minimum absolute atomic E-state index is 0.0116. The van der Waals surface area contributed by atoms with Gasteiger partial charge in [-0.15, -0.1) is 17.7 Å². The Labute approximate surface area is 117 Å². The van der Waals surface area contributed by atoms with Crippen LogP contribution in [0.3, 0.4) is 0 Å². The molecular weight excluding hydrogens is 336 g/mol. The van der Waals surface area contributed by atoms with Crippen molar-refractivity contribution in [1.82, 2.24) is 4.90 Å². The molecule has 4 nitrogen and oxygen atoms in total. The van der Waals surface area contributed by atoms with Gasteiger partial charge in [0.1, 0.15) is 0 Å². The molecule has 1 N–H and O–H groups in total. The Bertz CT molecular complexity index is 322. The third kappa shape index (κ3) is 5.14. The van der Waals surface area contributed by atoms with E-state index < -0.39 is 0 Å². The predicted octanol–water partition coefficient (Wildman–Crippen LogP) is 1.96. The first-order valence-corrected chi connectivity index (χ1v) is 6.71. The van der Waals surface area contributed by atoms with Crippen molar-refractivity contribution in [3.8, 4) is 17.2 Å². The van der Waals surface area contributed by atoms with Gasteiger partial charge in [0.05, 0.1) is 31.5 Å². The number of methoxy groups -OCH3 is 2. The van der Waals surface area contributed by atoms with Crippen LogP contribution in [0.4, 0.5) is 0 Å². The average molecular weight is 352 g/mol. The molecule has 0 spiro atoms. The van der Waals surface area contributed by atoms with E-state index in [0.717, 1.165) is 5.56 Å². The molecule has 100 valence electrons. The number of rotatable bonds is 4. The van der Waals surface area contributed by atoms with Gasteiger partial charge in [0.2, 0.25) is 0 Å². The van der Waals surface area contributed by atoms with Gasteiger partial charge in [-0.3, -0.25) is 0 Å². The monoisotopic (exact) mass is 351 g/mol. The molecule has 0 saturated carbocycles. The standard InChI is InChI=1S/C11H16NO3.ClH.Pd/c1-12(2)7-8-5-9(14-3)11(13)10(6-8)15-4;;/h5,13H,7H2,1-4H3;1H;/q-1;;+2/p-1. The van der Waals surface area contributed by atoms with Gasteiger partial charge < -0.3 is 19.5 Å². The molecule has 0 fully saturated rings. The van der Waals surface area contributed by atoms with Crippen LogP contribution in [-0.4, -0.2) is 38.3 Å². The molecule has 0 atom stereocenters. The molecule has 1 rings (SSSR count). The molecule has 0 unspecified atom stereocenters. The summed E-state index contributed by atoms with van der Waals surface area (Å²) in [6.45, 7) is 0.715. The molecule has 0 aromatic heterocycles. The summed E-state index contributed by atoms with van der Waals surface area (Å²) in [4.78, 5) is 2.00. The van der Waals surface area contributed by atoms with Crippen molar-refractivity contribution < 1.29 is 32.8 Å². The first-order chi connectivity index (χ1) is 8.08. The third-order valence-corrected chi connectivity index (χ3v) is 1.94. The molecule has 6 heteroatoms. The summed E-state index contributed by atoms with van der Waals surface area (Å²) in [6.07, 6.45) is 0. The SMILES string of the molecule is COc1[c-]c(CN(C)C)cc(OC)c1O.[Cl][Pd+]. The van der Waals surface area contributed by atoms with Gasteiger partial charge in [0.25, 0.3) is 0 Å². The number of ether oxygens (including phenoxy) is 2. The third-order valence-electron chi connectivity index (χ3n) is 1.94. The Hall–Kier alpha value is -0.468. The van der Waals surface area contributed by atoms with E-state index >= 15 is 0 Å². The van der Waals surface area contributed by atoms with E-state index in [1.807, 2.05) is 19.0 Å². The first-order valence-electron chi connectivity index (χ1n) is 4.71. The van der Waals surface area contributed by atoms with Crippen LogP contribution in [-0.2, 0) is 24.7 Å². The van der Waals surface area contributed by atoms with E-state index in [1.54, 1.807) is 6.07 Å². The maximum absolute atomic E-state index is 9.65. The Kier molecular flexibility index (Phi) is 8.36. The van der Waals surface area contributed by atoms with Crippen molar-refractivity contribution in [1.29, 1.82) is 0 Å². The Morgan fingerprint density at radius 1 is 1.35 bits per heavy atom. The minimum atomic E-state index is -0.0116. The molecule has 0 radical (unpaired) electrons. The molecule has 0 aliphatic carbocycles. The fourth-order valence-corrected chi connectivity index (χ4v) is 1.31. The fourth-order valence-electron chi connectivity index (χ4n) is 1.31. The van der Waals surface area contributed by atoms with Crippen LogP contribution in [0, 0.1) is 6.07 Å². The zero-order valence-electron chi connectivity index (χ0n) is 10.2. The van der Waals surface area contributed by atoms with E-state index in [1.165, 1.54) is 14.2 Å². The van der Waals surface area contributed by atoms with Gasteiger partial charge in [0.15, 0.2) is 0 Å². The topological polar surface area (TPSA) is 41.9 Å². The van der Waals surface area contributed by atoms with Crippen LogP contribution in [0.25, 0.3) is 0 Å². The van der Waals surface area contributed by atoms with E-state index in [4.69, 9.17) is 9.47 Å². The number of hydrogen-bond acceptors (Lipinski definition) is 4. The van der Waals surface area contributed by atoms with Crippen molar-refractivity contribution in [2.45, 2.75) is 6.54 Å². The molecule has 17 heavy (non-hydrogen) atoms. The van der Waals surface area contributed by atoms with Crippen molar-refractivity contribution in [3.05, 3.63) is 17.7 Å². The van der Waals surface area contributed by atoms with Gasteiger partial charge in [-0.2, -0.15) is 0 Å². The van der Waals surface area contributed by atoms with E-state index in [0.29, 0.717) is 18.0 Å². The van der Waals surface area contributed by atoms with Crippen LogP contribution in [0.1, 0.15) is 5.56 Å². The summed E-state index contributed by atoms with van der Waals surface area (Å²) < 4.78 is 10.0. The zero-order chi connectivity index (χ0) is 13.4. The molecule has 0 saturated heterocycles. The summed E-state index contributed by atoms with van der Waals surface area (Å²) in [5.41, 5.74) is 0.909. The maximum atomic E-state index is 9.65. The number of halogens is 1.